The van der Waals surface area contributed by atoms with E-state index in [9.17, 15) is 14.4 Å². The van der Waals surface area contributed by atoms with Gasteiger partial charge < -0.3 is 0 Å². The van der Waals surface area contributed by atoms with Crippen molar-refractivity contribution in [1.82, 2.24) is 0 Å². The maximum Gasteiger partial charge on any atom is 0.163 e. The molecule has 0 aliphatic heterocycles. The van der Waals surface area contributed by atoms with Gasteiger partial charge in [0.25, 0.3) is 0 Å². The van der Waals surface area contributed by atoms with Crippen LogP contribution >= 0.6 is 0 Å². The van der Waals surface area contributed by atoms with Crippen LogP contribution in [0.15, 0.2) is 6.07 Å². The van der Waals surface area contributed by atoms with E-state index in [0.717, 1.165) is 50.0 Å². The fourth-order valence-corrected chi connectivity index (χ4v) is 7.72. The van der Waals surface area contributed by atoms with Crippen molar-refractivity contribution in [3.05, 3.63) is 33.9 Å². The van der Waals surface area contributed by atoms with Gasteiger partial charge in [-0.15, -0.1) is 0 Å². The molecule has 0 amide bonds. The molecular weight excluding hydrogens is 468 g/mol. The largest absolute Gasteiger partial charge is 0.300 e. The predicted molar refractivity (Wildman–Crippen MR) is 158 cm³/mol. The van der Waals surface area contributed by atoms with Crippen molar-refractivity contribution >= 4 is 17.3 Å². The Bertz CT molecular complexity index is 966. The molecule has 0 bridgehead atoms. The number of carbonyl (C=O) groups excluding carboxylic acids is 3. The van der Waals surface area contributed by atoms with Gasteiger partial charge in [0.15, 0.2) is 5.78 Å². The zero-order chi connectivity index (χ0) is 27.8. The Morgan fingerprint density at radius 3 is 2.34 bits per heavy atom. The second-order valence-corrected chi connectivity index (χ2v) is 13.0. The molecule has 3 nitrogen and oxygen atoms in total. The molecule has 1 aromatic rings. The lowest BCUT2D eigenvalue weighted by Crippen LogP contribution is -2.30. The third-order valence-electron chi connectivity index (χ3n) is 9.63. The maximum absolute atomic E-state index is 13.7. The molecule has 0 radical (unpaired) electrons. The fraction of sp³-hybridized carbons (Fsp3) is 0.743. The number of fused-ring (bicyclic) bond motifs is 1. The van der Waals surface area contributed by atoms with Crippen LogP contribution in [0.25, 0.3) is 0 Å². The lowest BCUT2D eigenvalue weighted by atomic mass is 9.70. The Hall–Kier alpha value is -1.77. The Kier molecular flexibility index (Phi) is 11.8. The lowest BCUT2D eigenvalue weighted by molar-refractivity contribution is -0.129. The number of ketones is 3. The molecule has 1 saturated carbocycles. The molecule has 0 aromatic heterocycles. The van der Waals surface area contributed by atoms with E-state index in [2.05, 4.69) is 40.7 Å². The minimum Gasteiger partial charge on any atom is -0.300 e. The van der Waals surface area contributed by atoms with Gasteiger partial charge in [-0.2, -0.15) is 0 Å². The third kappa shape index (κ3) is 7.89. The number of rotatable bonds is 14. The van der Waals surface area contributed by atoms with Crippen LogP contribution in [0, 0.1) is 30.6 Å². The van der Waals surface area contributed by atoms with E-state index in [0.29, 0.717) is 18.1 Å². The zero-order valence-corrected chi connectivity index (χ0v) is 25.3. The molecule has 3 unspecified atom stereocenters. The molecule has 2 aliphatic rings. The SMILES string of the molecule is CCCC(CC1CC(=O)c2c(C)c(CCCC3CCCCC3)cc(C(C)C)c2C1)C(CC)C(=O)CC(C)=O. The minimum absolute atomic E-state index is 0.0444. The molecule has 1 aromatic carbocycles. The maximum atomic E-state index is 13.7. The van der Waals surface area contributed by atoms with Crippen LogP contribution in [0.2, 0.25) is 0 Å². The summed E-state index contributed by atoms with van der Waals surface area (Å²) in [6.45, 7) is 12.5. The Morgan fingerprint density at radius 1 is 1.03 bits per heavy atom. The van der Waals surface area contributed by atoms with Crippen LogP contribution in [-0.2, 0) is 22.4 Å². The Morgan fingerprint density at radius 2 is 1.74 bits per heavy atom. The summed E-state index contributed by atoms with van der Waals surface area (Å²) in [7, 11) is 0. The summed E-state index contributed by atoms with van der Waals surface area (Å²) in [6, 6.07) is 2.43. The molecule has 1 fully saturated rings. The van der Waals surface area contributed by atoms with Crippen molar-refractivity contribution in [3.63, 3.8) is 0 Å². The quantitative estimate of drug-likeness (QED) is 0.229. The van der Waals surface area contributed by atoms with E-state index in [1.165, 1.54) is 74.1 Å². The second-order valence-electron chi connectivity index (χ2n) is 13.0. The van der Waals surface area contributed by atoms with E-state index >= 15 is 0 Å². The lowest BCUT2D eigenvalue weighted by Gasteiger charge is -2.33. The molecule has 0 spiro atoms. The van der Waals surface area contributed by atoms with E-state index in [1.807, 2.05) is 0 Å². The van der Waals surface area contributed by atoms with Gasteiger partial charge in [0.05, 0.1) is 6.42 Å². The molecule has 3 rings (SSSR count). The third-order valence-corrected chi connectivity index (χ3v) is 9.63. The smallest absolute Gasteiger partial charge is 0.163 e. The molecule has 212 valence electrons. The van der Waals surface area contributed by atoms with E-state index < -0.39 is 0 Å². The molecule has 2 aliphatic carbocycles. The van der Waals surface area contributed by atoms with Crippen molar-refractivity contribution in [2.24, 2.45) is 23.7 Å². The van der Waals surface area contributed by atoms with Crippen molar-refractivity contribution in [3.8, 4) is 0 Å². The second kappa shape index (κ2) is 14.6. The van der Waals surface area contributed by atoms with Crippen LogP contribution in [-0.4, -0.2) is 17.3 Å². The van der Waals surface area contributed by atoms with Gasteiger partial charge in [-0.3, -0.25) is 14.4 Å². The molecule has 0 saturated heterocycles. The van der Waals surface area contributed by atoms with Gasteiger partial charge in [0.2, 0.25) is 0 Å². The van der Waals surface area contributed by atoms with Crippen LogP contribution in [0.3, 0.4) is 0 Å². The van der Waals surface area contributed by atoms with Gasteiger partial charge in [-0.25, -0.2) is 0 Å². The number of aryl methyl sites for hydroxylation is 1. The van der Waals surface area contributed by atoms with Crippen molar-refractivity contribution in [2.75, 3.05) is 0 Å². The first-order valence-electron chi connectivity index (χ1n) is 15.9. The van der Waals surface area contributed by atoms with E-state index in [-0.39, 0.29) is 35.7 Å². The number of hydrogen-bond acceptors (Lipinski definition) is 3. The standard InChI is InChI=1S/C35H54O3/c1-7-13-29(30(8-2)33(37)18-24(5)36)19-27-20-32-31(23(3)4)22-28(25(6)35(32)34(38)21-27)17-12-16-26-14-10-9-11-15-26/h22-23,26-27,29-30H,7-21H2,1-6H3. The summed E-state index contributed by atoms with van der Waals surface area (Å²) >= 11 is 0. The van der Waals surface area contributed by atoms with Crippen LogP contribution in [0.1, 0.15) is 157 Å². The van der Waals surface area contributed by atoms with E-state index in [1.54, 1.807) is 0 Å². The number of benzene rings is 1. The Labute approximate surface area is 232 Å². The van der Waals surface area contributed by atoms with E-state index in [4.69, 9.17) is 0 Å². The van der Waals surface area contributed by atoms with Crippen molar-refractivity contribution in [1.29, 1.82) is 0 Å². The molecule has 0 N–H and O–H groups in total. The van der Waals surface area contributed by atoms with Crippen molar-refractivity contribution < 1.29 is 14.4 Å². The predicted octanol–water partition coefficient (Wildman–Crippen LogP) is 9.15. The van der Waals surface area contributed by atoms with Gasteiger partial charge in [-0.1, -0.05) is 85.1 Å². The summed E-state index contributed by atoms with van der Waals surface area (Å²) in [5.74, 6) is 2.10. The zero-order valence-electron chi connectivity index (χ0n) is 25.3. The number of hydrogen-bond donors (Lipinski definition) is 0. The Balaban J connectivity index is 1.80. The monoisotopic (exact) mass is 522 g/mol. The summed E-state index contributed by atoms with van der Waals surface area (Å²) < 4.78 is 0. The first-order valence-corrected chi connectivity index (χ1v) is 15.9. The summed E-state index contributed by atoms with van der Waals surface area (Å²) in [4.78, 5) is 38.3. The summed E-state index contributed by atoms with van der Waals surface area (Å²) in [5, 5.41) is 0. The van der Waals surface area contributed by atoms with Gasteiger partial charge >= 0.3 is 0 Å². The molecule has 3 heteroatoms. The van der Waals surface area contributed by atoms with Crippen LogP contribution in [0.4, 0.5) is 0 Å². The van der Waals surface area contributed by atoms with Gasteiger partial charge in [-0.05, 0) is 91.9 Å². The van der Waals surface area contributed by atoms with Gasteiger partial charge in [0.1, 0.15) is 11.6 Å². The topological polar surface area (TPSA) is 51.2 Å². The molecular formula is C35H54O3. The van der Waals surface area contributed by atoms with Crippen molar-refractivity contribution in [2.45, 2.75) is 144 Å². The van der Waals surface area contributed by atoms with Gasteiger partial charge in [0, 0.05) is 17.9 Å². The molecule has 0 heterocycles. The normalized spacial score (nSPS) is 19.9. The average molecular weight is 523 g/mol. The summed E-state index contributed by atoms with van der Waals surface area (Å²) in [6.07, 6.45) is 15.9. The summed E-state index contributed by atoms with van der Waals surface area (Å²) in [5.41, 5.74) is 6.28. The highest BCUT2D eigenvalue weighted by atomic mass is 16.1. The minimum atomic E-state index is -0.0757. The average Bonchev–Trinajstić information content (AvgIpc) is 2.85. The van der Waals surface area contributed by atoms with Crippen LogP contribution < -0.4 is 0 Å². The number of Topliss-reactive ketones (excluding diaryl/α,β-unsaturated/α-hetero) is 3. The van der Waals surface area contributed by atoms with Crippen LogP contribution in [0.5, 0.6) is 0 Å². The molecule has 3 atom stereocenters. The first kappa shape index (κ1) is 30.8. The highest BCUT2D eigenvalue weighted by Crippen LogP contribution is 2.40. The first-order chi connectivity index (χ1) is 18.2. The highest BCUT2D eigenvalue weighted by molar-refractivity contribution is 6.01. The fourth-order valence-electron chi connectivity index (χ4n) is 7.72. The number of carbonyl (C=O) groups is 3. The highest BCUT2D eigenvalue weighted by Gasteiger charge is 2.34. The molecule has 38 heavy (non-hydrogen) atoms.